The van der Waals surface area contributed by atoms with Gasteiger partial charge in [0, 0.05) is 66.7 Å². The summed E-state index contributed by atoms with van der Waals surface area (Å²) in [5, 5.41) is 8.74. The highest BCUT2D eigenvalue weighted by atomic mass is 16.1. The number of benzene rings is 2. The van der Waals surface area contributed by atoms with Gasteiger partial charge in [0.15, 0.2) is 11.3 Å². The number of aromatic nitrogens is 6. The maximum absolute atomic E-state index is 12.7. The topological polar surface area (TPSA) is 93.2 Å². The van der Waals surface area contributed by atoms with Crippen LogP contribution >= 0.6 is 0 Å². The molecule has 0 unspecified atom stereocenters. The molecule has 1 amide bonds. The second kappa shape index (κ2) is 12.4. The van der Waals surface area contributed by atoms with E-state index in [1.54, 1.807) is 6.20 Å². The molecule has 0 radical (unpaired) electrons. The van der Waals surface area contributed by atoms with Crippen molar-refractivity contribution >= 4 is 22.6 Å². The fourth-order valence-electron chi connectivity index (χ4n) is 6.13. The minimum absolute atomic E-state index is 0.0949. The number of carbonyl (C=O) groups is 1. The van der Waals surface area contributed by atoms with Crippen LogP contribution < -0.4 is 5.32 Å². The highest BCUT2D eigenvalue weighted by Gasteiger charge is 2.25. The van der Waals surface area contributed by atoms with Gasteiger partial charge in [-0.05, 0) is 56.5 Å². The normalized spacial score (nSPS) is 14.4. The number of imidazole rings is 1. The minimum atomic E-state index is 0.0949. The molecule has 44 heavy (non-hydrogen) atoms. The van der Waals surface area contributed by atoms with Crippen LogP contribution in [0.3, 0.4) is 0 Å². The van der Waals surface area contributed by atoms with Gasteiger partial charge in [0.05, 0.1) is 17.7 Å². The molecule has 5 heterocycles. The van der Waals surface area contributed by atoms with E-state index < -0.39 is 0 Å². The molecule has 1 saturated heterocycles. The molecule has 0 aliphatic carbocycles. The third kappa shape index (κ3) is 5.96. The molecular formula is C35H36N8O. The lowest BCUT2D eigenvalue weighted by Crippen LogP contribution is -2.40. The Bertz CT molecular complexity index is 1870. The molecule has 7 rings (SSSR count). The van der Waals surface area contributed by atoms with Gasteiger partial charge >= 0.3 is 0 Å². The molecule has 1 aliphatic rings. The summed E-state index contributed by atoms with van der Waals surface area (Å²) in [5.41, 5.74) is 7.93. The third-order valence-electron chi connectivity index (χ3n) is 8.51. The van der Waals surface area contributed by atoms with Crippen LogP contribution in [0, 0.1) is 12.8 Å². The van der Waals surface area contributed by atoms with Gasteiger partial charge in [0.2, 0.25) is 5.91 Å². The van der Waals surface area contributed by atoms with Crippen LogP contribution in [0.4, 0.5) is 0 Å². The summed E-state index contributed by atoms with van der Waals surface area (Å²) in [4.78, 5) is 29.0. The number of likely N-dealkylation sites (tertiary alicyclic amines) is 1. The summed E-state index contributed by atoms with van der Waals surface area (Å²) in [7, 11) is 0. The smallest absolute Gasteiger partial charge is 0.223 e. The van der Waals surface area contributed by atoms with E-state index in [9.17, 15) is 4.79 Å². The van der Waals surface area contributed by atoms with Crippen LogP contribution in [-0.4, -0.2) is 59.6 Å². The molecule has 2 aromatic carbocycles. The first-order valence-corrected chi connectivity index (χ1v) is 15.4. The number of amides is 1. The molecule has 222 valence electrons. The Kier molecular flexibility index (Phi) is 7.85. The summed E-state index contributed by atoms with van der Waals surface area (Å²) < 4.78 is 3.87. The Balaban J connectivity index is 1.03. The number of rotatable bonds is 9. The summed E-state index contributed by atoms with van der Waals surface area (Å²) in [6.45, 7) is 6.26. The van der Waals surface area contributed by atoms with Gasteiger partial charge in [0.25, 0.3) is 0 Å². The summed E-state index contributed by atoms with van der Waals surface area (Å²) >= 11 is 0. The molecular weight excluding hydrogens is 548 g/mol. The molecule has 0 spiro atoms. The number of aryl methyl sites for hydroxylation is 2. The van der Waals surface area contributed by atoms with Crippen molar-refractivity contribution in [3.8, 4) is 22.4 Å². The van der Waals surface area contributed by atoms with Gasteiger partial charge in [-0.2, -0.15) is 9.61 Å². The SMILES string of the molecule is Cc1cc2ncc3cc(-c4ccccc4)c(-c4ccc(CN5CCC(C(=O)NCCCn6ccnc6)CC5)cc4)nc3n2n1. The van der Waals surface area contributed by atoms with Crippen LogP contribution in [0.2, 0.25) is 0 Å². The van der Waals surface area contributed by atoms with E-state index >= 15 is 0 Å². The average Bonchev–Trinajstić information content (AvgIpc) is 3.73. The van der Waals surface area contributed by atoms with Crippen molar-refractivity contribution in [1.29, 1.82) is 0 Å². The predicted molar refractivity (Wildman–Crippen MR) is 172 cm³/mol. The molecule has 1 N–H and O–H groups in total. The largest absolute Gasteiger partial charge is 0.356 e. The zero-order valence-electron chi connectivity index (χ0n) is 24.9. The lowest BCUT2D eigenvalue weighted by molar-refractivity contribution is -0.126. The van der Waals surface area contributed by atoms with Crippen molar-refractivity contribution < 1.29 is 4.79 Å². The molecule has 0 bridgehead atoms. The monoisotopic (exact) mass is 584 g/mol. The second-order valence-electron chi connectivity index (χ2n) is 11.7. The van der Waals surface area contributed by atoms with Crippen molar-refractivity contribution in [2.24, 2.45) is 5.92 Å². The number of hydrogen-bond acceptors (Lipinski definition) is 6. The first-order valence-electron chi connectivity index (χ1n) is 15.4. The Morgan fingerprint density at radius 1 is 1.00 bits per heavy atom. The van der Waals surface area contributed by atoms with Crippen LogP contribution in [-0.2, 0) is 17.9 Å². The lowest BCUT2D eigenvalue weighted by Gasteiger charge is -2.31. The fourth-order valence-corrected chi connectivity index (χ4v) is 6.13. The first-order chi connectivity index (χ1) is 21.6. The highest BCUT2D eigenvalue weighted by Crippen LogP contribution is 2.34. The molecule has 9 nitrogen and oxygen atoms in total. The molecule has 0 saturated carbocycles. The predicted octanol–water partition coefficient (Wildman–Crippen LogP) is 5.53. The van der Waals surface area contributed by atoms with E-state index in [0.717, 1.165) is 90.2 Å². The van der Waals surface area contributed by atoms with E-state index in [4.69, 9.17) is 4.98 Å². The maximum atomic E-state index is 12.7. The maximum Gasteiger partial charge on any atom is 0.223 e. The van der Waals surface area contributed by atoms with Crippen molar-refractivity contribution in [2.45, 2.75) is 39.3 Å². The van der Waals surface area contributed by atoms with Crippen LogP contribution in [0.25, 0.3) is 39.1 Å². The lowest BCUT2D eigenvalue weighted by atomic mass is 9.95. The van der Waals surface area contributed by atoms with E-state index in [1.165, 1.54) is 5.56 Å². The van der Waals surface area contributed by atoms with Gasteiger partial charge in [-0.3, -0.25) is 9.69 Å². The van der Waals surface area contributed by atoms with Crippen molar-refractivity contribution in [2.75, 3.05) is 19.6 Å². The highest BCUT2D eigenvalue weighted by molar-refractivity contribution is 5.90. The van der Waals surface area contributed by atoms with Crippen molar-refractivity contribution in [3.63, 3.8) is 0 Å². The van der Waals surface area contributed by atoms with Gasteiger partial charge in [0.1, 0.15) is 0 Å². The molecule has 1 fully saturated rings. The van der Waals surface area contributed by atoms with E-state index in [1.807, 2.05) is 46.9 Å². The average molecular weight is 585 g/mol. The zero-order chi connectivity index (χ0) is 29.9. The van der Waals surface area contributed by atoms with E-state index in [2.05, 4.69) is 79.9 Å². The zero-order valence-corrected chi connectivity index (χ0v) is 24.9. The molecule has 0 atom stereocenters. The molecule has 9 heteroatoms. The number of hydrogen-bond donors (Lipinski definition) is 1. The summed E-state index contributed by atoms with van der Waals surface area (Å²) in [6.07, 6.45) is 10.1. The summed E-state index contributed by atoms with van der Waals surface area (Å²) in [6, 6.07) is 23.3. The van der Waals surface area contributed by atoms with Crippen molar-refractivity contribution in [3.05, 3.63) is 103 Å². The minimum Gasteiger partial charge on any atom is -0.356 e. The second-order valence-corrected chi connectivity index (χ2v) is 11.7. The van der Waals surface area contributed by atoms with Gasteiger partial charge < -0.3 is 9.88 Å². The number of pyridine rings is 1. The Hall–Kier alpha value is -4.89. The van der Waals surface area contributed by atoms with Gasteiger partial charge in [-0.25, -0.2) is 15.0 Å². The quantitative estimate of drug-likeness (QED) is 0.225. The standard InChI is InChI=1S/C35H36N8O/c1-25-20-32-38-22-30-21-31(27-6-3-2-4-7-27)33(39-34(30)43(32)40-25)28-10-8-26(9-11-28)23-41-17-12-29(13-18-41)35(44)37-14-5-16-42-19-15-36-24-42/h2-4,6-11,15,19-22,24,29H,5,12-14,16-18,23H2,1H3,(H,37,44). The number of piperidine rings is 1. The van der Waals surface area contributed by atoms with Gasteiger partial charge in [-0.15, -0.1) is 0 Å². The number of carbonyl (C=O) groups excluding carboxylic acids is 1. The fraction of sp³-hybridized carbons (Fsp3) is 0.286. The number of fused-ring (bicyclic) bond motifs is 3. The molecule has 6 aromatic rings. The van der Waals surface area contributed by atoms with E-state index in [0.29, 0.717) is 6.54 Å². The third-order valence-corrected chi connectivity index (χ3v) is 8.51. The Morgan fingerprint density at radius 2 is 1.82 bits per heavy atom. The molecule has 4 aromatic heterocycles. The number of nitrogens with one attached hydrogen (secondary N) is 1. The van der Waals surface area contributed by atoms with Crippen LogP contribution in [0.1, 0.15) is 30.5 Å². The van der Waals surface area contributed by atoms with Crippen LogP contribution in [0.15, 0.2) is 91.6 Å². The Morgan fingerprint density at radius 3 is 2.59 bits per heavy atom. The van der Waals surface area contributed by atoms with Crippen LogP contribution in [0.5, 0.6) is 0 Å². The summed E-state index contributed by atoms with van der Waals surface area (Å²) in [5.74, 6) is 0.285. The van der Waals surface area contributed by atoms with E-state index in [-0.39, 0.29) is 11.8 Å². The molecule has 1 aliphatic heterocycles. The Labute approximate surface area is 256 Å². The first kappa shape index (κ1) is 27.9. The van der Waals surface area contributed by atoms with Crippen molar-refractivity contribution in [1.82, 2.24) is 39.3 Å². The number of nitrogens with zero attached hydrogens (tertiary/aromatic N) is 7. The van der Waals surface area contributed by atoms with Gasteiger partial charge in [-0.1, -0.05) is 54.6 Å².